The first-order valence-electron chi connectivity index (χ1n) is 11.2. The quantitative estimate of drug-likeness (QED) is 0.428. The molecule has 0 fully saturated rings. The Kier molecular flexibility index (Phi) is 6.95. The molecule has 0 radical (unpaired) electrons. The zero-order valence-electron chi connectivity index (χ0n) is 20.0. The molecule has 3 heterocycles. The van der Waals surface area contributed by atoms with Gasteiger partial charge < -0.3 is 20.6 Å². The van der Waals surface area contributed by atoms with Gasteiger partial charge in [0, 0.05) is 24.3 Å². The van der Waals surface area contributed by atoms with Crippen molar-refractivity contribution in [2.75, 3.05) is 23.3 Å². The number of aromatic nitrogens is 4. The van der Waals surface area contributed by atoms with Crippen molar-refractivity contribution in [3.63, 3.8) is 0 Å². The number of anilines is 3. The summed E-state index contributed by atoms with van der Waals surface area (Å²) in [5.41, 5.74) is -0.603. The lowest BCUT2D eigenvalue weighted by Gasteiger charge is -2.31. The second kappa shape index (κ2) is 9.98. The van der Waals surface area contributed by atoms with Crippen LogP contribution < -0.4 is 15.5 Å². The van der Waals surface area contributed by atoms with E-state index < -0.39 is 28.9 Å². The minimum atomic E-state index is -4.63. The van der Waals surface area contributed by atoms with Crippen LogP contribution in [0.1, 0.15) is 41.2 Å². The molecule has 0 aliphatic carbocycles. The number of fused-ring (bicyclic) bond motifs is 1. The van der Waals surface area contributed by atoms with Gasteiger partial charge in [-0.05, 0) is 32.4 Å². The smallest absolute Gasteiger partial charge is 0.389 e. The lowest BCUT2D eigenvalue weighted by atomic mass is 10.0. The lowest BCUT2D eigenvalue weighted by Crippen LogP contribution is -2.38. The molecule has 0 atom stereocenters. The molecular formula is C24H23F3N8O2. The lowest BCUT2D eigenvalue weighted by molar-refractivity contribution is -0.136. The second-order valence-corrected chi connectivity index (χ2v) is 9.04. The van der Waals surface area contributed by atoms with E-state index in [0.29, 0.717) is 36.0 Å². The van der Waals surface area contributed by atoms with Crippen molar-refractivity contribution in [1.29, 1.82) is 0 Å². The van der Waals surface area contributed by atoms with Gasteiger partial charge in [-0.1, -0.05) is 6.07 Å². The average Bonchev–Trinajstić information content (AvgIpc) is 2.86. The molecule has 1 aromatic carbocycles. The van der Waals surface area contributed by atoms with Crippen LogP contribution in [0.25, 0.3) is 4.85 Å². The highest BCUT2D eigenvalue weighted by Crippen LogP contribution is 2.39. The van der Waals surface area contributed by atoms with Gasteiger partial charge >= 0.3 is 6.18 Å². The fraction of sp³-hybridized carbons (Fsp3) is 0.333. The molecular weight excluding hydrogens is 489 g/mol. The van der Waals surface area contributed by atoms with Crippen LogP contribution in [-0.2, 0) is 19.1 Å². The Morgan fingerprint density at radius 3 is 2.62 bits per heavy atom. The third-order valence-corrected chi connectivity index (χ3v) is 5.59. The Balaban J connectivity index is 1.48. The van der Waals surface area contributed by atoms with Gasteiger partial charge in [0.1, 0.15) is 23.7 Å². The number of hydrogen-bond acceptors (Lipinski definition) is 8. The molecule has 1 amide bonds. The van der Waals surface area contributed by atoms with E-state index in [1.54, 1.807) is 18.7 Å². The fourth-order valence-corrected chi connectivity index (χ4v) is 3.75. The maximum Gasteiger partial charge on any atom is 0.407 e. The van der Waals surface area contributed by atoms with Crippen molar-refractivity contribution in [2.45, 2.75) is 38.6 Å². The number of nitrogens with zero attached hydrogens (tertiary/aromatic N) is 6. The molecule has 0 saturated heterocycles. The molecule has 2 aromatic heterocycles. The molecule has 1 aliphatic heterocycles. The van der Waals surface area contributed by atoms with Crippen LogP contribution in [0, 0.1) is 6.57 Å². The minimum Gasteiger partial charge on any atom is -0.389 e. The third kappa shape index (κ3) is 6.10. The normalized spacial score (nSPS) is 13.5. The fourth-order valence-electron chi connectivity index (χ4n) is 3.75. The zero-order chi connectivity index (χ0) is 26.8. The van der Waals surface area contributed by atoms with Crippen molar-refractivity contribution >= 4 is 28.9 Å². The van der Waals surface area contributed by atoms with Gasteiger partial charge in [-0.3, -0.25) is 4.79 Å². The molecule has 192 valence electrons. The topological polar surface area (TPSA) is 121 Å². The Hall–Kier alpha value is -4.31. The standard InChI is InChI=1S/C24H23F3N8O2/c1-23(2,37)12-31-22(36)18-9-30-20(10-29-18)34-21-15-6-7-35(11-19(15)32-13-33-21)14-4-5-17(28-3)16(8-14)24(25,26)27/h4-5,8-10,13,37H,6-7,11-12H2,1-2H3,(H,31,36)(H,30,32,33,34). The molecule has 0 bridgehead atoms. The number of aliphatic hydroxyl groups is 1. The van der Waals surface area contributed by atoms with Crippen LogP contribution in [0.4, 0.5) is 36.2 Å². The highest BCUT2D eigenvalue weighted by atomic mass is 19.4. The number of rotatable bonds is 6. The van der Waals surface area contributed by atoms with E-state index in [9.17, 15) is 23.1 Å². The van der Waals surface area contributed by atoms with Gasteiger partial charge in [0.05, 0.1) is 42.4 Å². The summed E-state index contributed by atoms with van der Waals surface area (Å²) >= 11 is 0. The van der Waals surface area contributed by atoms with Crippen LogP contribution in [0.15, 0.2) is 36.9 Å². The first kappa shape index (κ1) is 25.8. The van der Waals surface area contributed by atoms with E-state index in [1.165, 1.54) is 30.9 Å². The Morgan fingerprint density at radius 1 is 1.19 bits per heavy atom. The van der Waals surface area contributed by atoms with E-state index in [1.807, 2.05) is 0 Å². The number of nitrogens with one attached hydrogen (secondary N) is 2. The Bertz CT molecular complexity index is 1350. The maximum atomic E-state index is 13.4. The number of alkyl halides is 3. The molecule has 0 spiro atoms. The van der Waals surface area contributed by atoms with Gasteiger partial charge in [0.25, 0.3) is 5.91 Å². The number of carbonyl (C=O) groups excluding carboxylic acids is 1. The molecule has 3 aromatic rings. The van der Waals surface area contributed by atoms with Crippen molar-refractivity contribution in [3.05, 3.63) is 70.9 Å². The number of benzene rings is 1. The van der Waals surface area contributed by atoms with Crippen LogP contribution in [0.5, 0.6) is 0 Å². The molecule has 10 nitrogen and oxygen atoms in total. The van der Waals surface area contributed by atoms with Gasteiger partial charge in [-0.25, -0.2) is 24.8 Å². The Labute approximate surface area is 210 Å². The number of halogens is 3. The number of hydrogen-bond donors (Lipinski definition) is 3. The third-order valence-electron chi connectivity index (χ3n) is 5.59. The predicted molar refractivity (Wildman–Crippen MR) is 128 cm³/mol. The SMILES string of the molecule is [C-]#[N+]c1ccc(N2CCc3c(ncnc3Nc3cnc(C(=O)NCC(C)(C)O)cn3)C2)cc1C(F)(F)F. The highest BCUT2D eigenvalue weighted by molar-refractivity contribution is 5.92. The van der Waals surface area contributed by atoms with Crippen LogP contribution in [0.2, 0.25) is 0 Å². The Morgan fingerprint density at radius 2 is 1.97 bits per heavy atom. The van der Waals surface area contributed by atoms with Crippen molar-refractivity contribution in [1.82, 2.24) is 25.3 Å². The van der Waals surface area contributed by atoms with Gasteiger partial charge in [-0.15, -0.1) is 0 Å². The van der Waals surface area contributed by atoms with Crippen molar-refractivity contribution in [3.8, 4) is 0 Å². The summed E-state index contributed by atoms with van der Waals surface area (Å²) in [5, 5.41) is 15.4. The molecule has 4 rings (SSSR count). The number of carbonyl (C=O) groups is 1. The van der Waals surface area contributed by atoms with Crippen molar-refractivity contribution < 1.29 is 23.1 Å². The van der Waals surface area contributed by atoms with Gasteiger partial charge in [0.15, 0.2) is 5.69 Å². The molecule has 13 heteroatoms. The second-order valence-electron chi connectivity index (χ2n) is 9.04. The summed E-state index contributed by atoms with van der Waals surface area (Å²) in [5.74, 6) is 0.350. The molecule has 3 N–H and O–H groups in total. The molecule has 1 aliphatic rings. The first-order valence-corrected chi connectivity index (χ1v) is 11.2. The van der Waals surface area contributed by atoms with E-state index in [-0.39, 0.29) is 18.8 Å². The molecule has 0 saturated carbocycles. The summed E-state index contributed by atoms with van der Waals surface area (Å²) in [6.45, 7) is 10.9. The predicted octanol–water partition coefficient (Wildman–Crippen LogP) is 3.64. The summed E-state index contributed by atoms with van der Waals surface area (Å²) in [4.78, 5) is 33.8. The van der Waals surface area contributed by atoms with Gasteiger partial charge in [0.2, 0.25) is 0 Å². The van der Waals surface area contributed by atoms with E-state index in [4.69, 9.17) is 6.57 Å². The minimum absolute atomic E-state index is 0.0544. The maximum absolute atomic E-state index is 13.4. The largest absolute Gasteiger partial charge is 0.407 e. The zero-order valence-corrected chi connectivity index (χ0v) is 20.0. The van der Waals surface area contributed by atoms with Crippen LogP contribution >= 0.6 is 0 Å². The van der Waals surface area contributed by atoms with Crippen LogP contribution in [0.3, 0.4) is 0 Å². The van der Waals surface area contributed by atoms with E-state index >= 15 is 0 Å². The van der Waals surface area contributed by atoms with Crippen LogP contribution in [-0.4, -0.2) is 49.6 Å². The van der Waals surface area contributed by atoms with Gasteiger partial charge in [-0.2, -0.15) is 13.2 Å². The van der Waals surface area contributed by atoms with E-state index in [2.05, 4.69) is 35.4 Å². The highest BCUT2D eigenvalue weighted by Gasteiger charge is 2.34. The summed E-state index contributed by atoms with van der Waals surface area (Å²) < 4.78 is 40.2. The molecule has 37 heavy (non-hydrogen) atoms. The summed E-state index contributed by atoms with van der Waals surface area (Å²) in [6, 6.07) is 3.68. The monoisotopic (exact) mass is 512 g/mol. The summed E-state index contributed by atoms with van der Waals surface area (Å²) in [6.07, 6.45) is -0.159. The number of amides is 1. The summed E-state index contributed by atoms with van der Waals surface area (Å²) in [7, 11) is 0. The van der Waals surface area contributed by atoms with E-state index in [0.717, 1.165) is 11.6 Å². The van der Waals surface area contributed by atoms with Crippen molar-refractivity contribution in [2.24, 2.45) is 0 Å². The average molecular weight is 512 g/mol. The first-order chi connectivity index (χ1) is 17.4. The molecule has 0 unspecified atom stereocenters.